The molecule has 3 rings (SSSR count). The first-order valence-corrected chi connectivity index (χ1v) is 8.77. The maximum atomic E-state index is 12.6. The first-order chi connectivity index (χ1) is 11.7. The number of aromatic nitrogens is 2. The smallest absolute Gasteiger partial charge is 0.223 e. The van der Waals surface area contributed by atoms with E-state index in [0.29, 0.717) is 25.3 Å². The van der Waals surface area contributed by atoms with E-state index in [2.05, 4.69) is 12.0 Å². The molecule has 128 valence electrons. The Morgan fingerprint density at radius 3 is 2.88 bits per heavy atom. The van der Waals surface area contributed by atoms with Gasteiger partial charge in [-0.05, 0) is 42.9 Å². The number of nitrogens with zero attached hydrogens (tertiary/aromatic N) is 3. The van der Waals surface area contributed by atoms with Gasteiger partial charge >= 0.3 is 0 Å². The van der Waals surface area contributed by atoms with Gasteiger partial charge in [-0.2, -0.15) is 5.10 Å². The standard InChI is InChI=1S/C19H26N4O/c1-15-6-5-11-22(18(15)12-20)19(24)10-9-16-13-21-23(14-16)17-7-3-2-4-8-17/h2-4,7-8,13-15,18H,5-6,9-12,20H2,1H3/t15-,18+/m0/s1. The fraction of sp³-hybridized carbons (Fsp3) is 0.474. The Balaban J connectivity index is 1.59. The molecular weight excluding hydrogens is 300 g/mol. The summed E-state index contributed by atoms with van der Waals surface area (Å²) in [6.45, 7) is 3.59. The van der Waals surface area contributed by atoms with E-state index in [1.54, 1.807) is 0 Å². The van der Waals surface area contributed by atoms with Gasteiger partial charge < -0.3 is 10.6 Å². The highest BCUT2D eigenvalue weighted by Crippen LogP contribution is 2.23. The van der Waals surface area contributed by atoms with Crippen LogP contribution in [-0.4, -0.2) is 39.7 Å². The molecule has 2 atom stereocenters. The summed E-state index contributed by atoms with van der Waals surface area (Å²) in [5.41, 5.74) is 8.01. The third-order valence-corrected chi connectivity index (χ3v) is 4.96. The summed E-state index contributed by atoms with van der Waals surface area (Å²) in [5, 5.41) is 4.39. The van der Waals surface area contributed by atoms with Crippen LogP contribution in [-0.2, 0) is 11.2 Å². The van der Waals surface area contributed by atoms with E-state index in [4.69, 9.17) is 5.73 Å². The Bertz CT molecular complexity index is 667. The zero-order valence-corrected chi connectivity index (χ0v) is 14.3. The van der Waals surface area contributed by atoms with E-state index in [1.165, 1.54) is 0 Å². The van der Waals surface area contributed by atoms with Crippen molar-refractivity contribution in [1.82, 2.24) is 14.7 Å². The second kappa shape index (κ2) is 7.62. The lowest BCUT2D eigenvalue weighted by Crippen LogP contribution is -2.51. The van der Waals surface area contributed by atoms with Crippen LogP contribution in [0.15, 0.2) is 42.7 Å². The maximum absolute atomic E-state index is 12.6. The second-order valence-corrected chi connectivity index (χ2v) is 6.64. The number of piperidine rings is 1. The van der Waals surface area contributed by atoms with E-state index in [1.807, 2.05) is 52.3 Å². The second-order valence-electron chi connectivity index (χ2n) is 6.64. The van der Waals surface area contributed by atoms with Crippen LogP contribution in [0.2, 0.25) is 0 Å². The van der Waals surface area contributed by atoms with Gasteiger partial charge in [0.1, 0.15) is 0 Å². The molecule has 2 aromatic rings. The van der Waals surface area contributed by atoms with Gasteiger partial charge in [0, 0.05) is 31.7 Å². The first-order valence-electron chi connectivity index (χ1n) is 8.77. The van der Waals surface area contributed by atoms with Crippen molar-refractivity contribution in [2.24, 2.45) is 11.7 Å². The highest BCUT2D eigenvalue weighted by Gasteiger charge is 2.30. The molecule has 24 heavy (non-hydrogen) atoms. The Hall–Kier alpha value is -2.14. The summed E-state index contributed by atoms with van der Waals surface area (Å²) < 4.78 is 1.85. The highest BCUT2D eigenvalue weighted by atomic mass is 16.2. The number of hydrogen-bond donors (Lipinski definition) is 1. The van der Waals surface area contributed by atoms with Crippen molar-refractivity contribution in [2.45, 2.75) is 38.6 Å². The maximum Gasteiger partial charge on any atom is 0.223 e. The fourth-order valence-electron chi connectivity index (χ4n) is 3.52. The van der Waals surface area contributed by atoms with Crippen molar-refractivity contribution in [3.8, 4) is 5.69 Å². The average Bonchev–Trinajstić information content (AvgIpc) is 3.09. The third kappa shape index (κ3) is 3.67. The quantitative estimate of drug-likeness (QED) is 0.917. The van der Waals surface area contributed by atoms with Crippen molar-refractivity contribution in [1.29, 1.82) is 0 Å². The first kappa shape index (κ1) is 16.7. The minimum atomic E-state index is 0.193. The molecule has 2 N–H and O–H groups in total. The van der Waals surface area contributed by atoms with Gasteiger partial charge in [-0.3, -0.25) is 4.79 Å². The molecule has 1 fully saturated rings. The number of hydrogen-bond acceptors (Lipinski definition) is 3. The molecule has 2 heterocycles. The molecule has 0 saturated carbocycles. The molecular formula is C19H26N4O. The number of carbonyl (C=O) groups is 1. The summed E-state index contributed by atoms with van der Waals surface area (Å²) in [7, 11) is 0. The molecule has 1 amide bonds. The van der Waals surface area contributed by atoms with Crippen LogP contribution in [0.5, 0.6) is 0 Å². The van der Waals surface area contributed by atoms with Crippen molar-refractivity contribution in [3.05, 3.63) is 48.3 Å². The molecule has 0 aliphatic carbocycles. The van der Waals surface area contributed by atoms with Crippen LogP contribution in [0.3, 0.4) is 0 Å². The van der Waals surface area contributed by atoms with Crippen LogP contribution in [0, 0.1) is 5.92 Å². The number of likely N-dealkylation sites (tertiary alicyclic amines) is 1. The van der Waals surface area contributed by atoms with Gasteiger partial charge in [-0.25, -0.2) is 4.68 Å². The average molecular weight is 326 g/mol. The largest absolute Gasteiger partial charge is 0.338 e. The number of rotatable bonds is 5. The molecule has 1 aromatic heterocycles. The Kier molecular flexibility index (Phi) is 5.30. The van der Waals surface area contributed by atoms with Crippen LogP contribution < -0.4 is 5.73 Å². The predicted octanol–water partition coefficient (Wildman–Crippen LogP) is 2.39. The van der Waals surface area contributed by atoms with Crippen LogP contribution in [0.4, 0.5) is 0 Å². The van der Waals surface area contributed by atoms with E-state index in [9.17, 15) is 4.79 Å². The molecule has 1 saturated heterocycles. The molecule has 0 spiro atoms. The molecule has 1 aliphatic heterocycles. The van der Waals surface area contributed by atoms with Crippen LogP contribution in [0.1, 0.15) is 31.7 Å². The zero-order chi connectivity index (χ0) is 16.9. The Morgan fingerprint density at radius 2 is 2.12 bits per heavy atom. The summed E-state index contributed by atoms with van der Waals surface area (Å²) in [4.78, 5) is 14.6. The fourth-order valence-corrected chi connectivity index (χ4v) is 3.52. The number of nitrogens with two attached hydrogens (primary N) is 1. The number of carbonyl (C=O) groups excluding carboxylic acids is 1. The normalized spacial score (nSPS) is 21.0. The van der Waals surface area contributed by atoms with E-state index < -0.39 is 0 Å². The number of benzene rings is 1. The summed E-state index contributed by atoms with van der Waals surface area (Å²) in [5.74, 6) is 0.706. The van der Waals surface area contributed by atoms with Crippen LogP contribution in [0.25, 0.3) is 5.69 Å². The van der Waals surface area contributed by atoms with Gasteiger partial charge in [0.15, 0.2) is 0 Å². The molecule has 1 aromatic carbocycles. The molecule has 0 bridgehead atoms. The molecule has 5 nitrogen and oxygen atoms in total. The van der Waals surface area contributed by atoms with Gasteiger partial charge in [0.05, 0.1) is 11.9 Å². The van der Waals surface area contributed by atoms with Crippen molar-refractivity contribution >= 4 is 5.91 Å². The Labute approximate surface area is 143 Å². The molecule has 0 radical (unpaired) electrons. The topological polar surface area (TPSA) is 64.2 Å². The minimum Gasteiger partial charge on any atom is -0.338 e. The highest BCUT2D eigenvalue weighted by molar-refractivity contribution is 5.77. The number of para-hydroxylation sites is 1. The van der Waals surface area contributed by atoms with Gasteiger partial charge in [0.25, 0.3) is 0 Å². The van der Waals surface area contributed by atoms with E-state index >= 15 is 0 Å². The lowest BCUT2D eigenvalue weighted by atomic mass is 9.90. The van der Waals surface area contributed by atoms with Gasteiger partial charge in [0.2, 0.25) is 5.91 Å². The Morgan fingerprint density at radius 1 is 1.33 bits per heavy atom. The minimum absolute atomic E-state index is 0.193. The number of amides is 1. The van der Waals surface area contributed by atoms with Gasteiger partial charge in [-0.15, -0.1) is 0 Å². The van der Waals surface area contributed by atoms with Crippen molar-refractivity contribution < 1.29 is 4.79 Å². The summed E-state index contributed by atoms with van der Waals surface area (Å²) in [6, 6.07) is 10.2. The lowest BCUT2D eigenvalue weighted by Gasteiger charge is -2.39. The van der Waals surface area contributed by atoms with Crippen molar-refractivity contribution in [3.63, 3.8) is 0 Å². The van der Waals surface area contributed by atoms with Crippen molar-refractivity contribution in [2.75, 3.05) is 13.1 Å². The summed E-state index contributed by atoms with van der Waals surface area (Å²) in [6.07, 6.45) is 7.32. The zero-order valence-electron chi connectivity index (χ0n) is 14.3. The number of aryl methyl sites for hydroxylation is 1. The third-order valence-electron chi connectivity index (χ3n) is 4.96. The van der Waals surface area contributed by atoms with Crippen LogP contribution >= 0.6 is 0 Å². The van der Waals surface area contributed by atoms with E-state index in [-0.39, 0.29) is 11.9 Å². The van der Waals surface area contributed by atoms with E-state index in [0.717, 1.165) is 30.6 Å². The predicted molar refractivity (Wildman–Crippen MR) is 94.8 cm³/mol. The van der Waals surface area contributed by atoms with Gasteiger partial charge in [-0.1, -0.05) is 25.1 Å². The SMILES string of the molecule is C[C@H]1CCCN(C(=O)CCc2cnn(-c3ccccc3)c2)[C@@H]1CN. The molecule has 0 unspecified atom stereocenters. The lowest BCUT2D eigenvalue weighted by molar-refractivity contribution is -0.136. The molecule has 5 heteroatoms. The summed E-state index contributed by atoms with van der Waals surface area (Å²) >= 11 is 0. The monoisotopic (exact) mass is 326 g/mol. The molecule has 1 aliphatic rings.